The molecule has 0 radical (unpaired) electrons. The predicted molar refractivity (Wildman–Crippen MR) is 150 cm³/mol. The van der Waals surface area contributed by atoms with Crippen molar-refractivity contribution in [1.29, 1.82) is 0 Å². The van der Waals surface area contributed by atoms with Gasteiger partial charge in [-0.15, -0.1) is 23.1 Å². The topological polar surface area (TPSA) is 47.8 Å². The Labute approximate surface area is 218 Å². The quantitative estimate of drug-likeness (QED) is 0.122. The van der Waals surface area contributed by atoms with Crippen LogP contribution in [0.25, 0.3) is 22.5 Å². The summed E-state index contributed by atoms with van der Waals surface area (Å²) >= 11 is 3.11. The van der Waals surface area contributed by atoms with Crippen molar-refractivity contribution in [3.05, 3.63) is 112 Å². The Balaban J connectivity index is 1.67. The molecule has 36 heavy (non-hydrogen) atoms. The zero-order valence-electron chi connectivity index (χ0n) is 20.1. The molecule has 0 aliphatic carbocycles. The first-order chi connectivity index (χ1) is 17.6. The maximum Gasteiger partial charge on any atom is 0.341 e. The van der Waals surface area contributed by atoms with Crippen molar-refractivity contribution in [2.75, 3.05) is 12.4 Å². The molecule has 2 aromatic carbocycles. The van der Waals surface area contributed by atoms with E-state index in [0.29, 0.717) is 21.4 Å². The third kappa shape index (κ3) is 4.62. The second-order valence-electron chi connectivity index (χ2n) is 8.32. The molecule has 0 saturated heterocycles. The van der Waals surface area contributed by atoms with Crippen molar-refractivity contribution in [1.82, 2.24) is 4.40 Å². The first-order valence-corrected chi connectivity index (χ1v) is 13.6. The van der Waals surface area contributed by atoms with Gasteiger partial charge in [0.15, 0.2) is 0 Å². The van der Waals surface area contributed by atoms with E-state index in [0.717, 1.165) is 32.1 Å². The van der Waals surface area contributed by atoms with Gasteiger partial charge in [0.05, 0.1) is 32.3 Å². The highest BCUT2D eigenvalue weighted by Gasteiger charge is 2.29. The van der Waals surface area contributed by atoms with E-state index in [-0.39, 0.29) is 12.4 Å². The molecule has 0 N–H and O–H groups in total. The van der Waals surface area contributed by atoms with E-state index in [2.05, 4.69) is 24.3 Å². The maximum atomic E-state index is 13.7. The third-order valence-electron chi connectivity index (χ3n) is 5.85. The van der Waals surface area contributed by atoms with E-state index in [1.54, 1.807) is 18.7 Å². The van der Waals surface area contributed by atoms with E-state index >= 15 is 0 Å². The smallest absolute Gasteiger partial charge is 0.341 e. The zero-order chi connectivity index (χ0) is 25.1. The van der Waals surface area contributed by atoms with Crippen LogP contribution in [0.15, 0.2) is 89.3 Å². The number of ether oxygens (including phenoxy) is 1. The Bertz CT molecular complexity index is 1580. The van der Waals surface area contributed by atoms with E-state index in [4.69, 9.17) is 4.74 Å². The number of aryl methyl sites for hydroxylation is 1. The van der Waals surface area contributed by atoms with Crippen molar-refractivity contribution in [3.8, 4) is 0 Å². The lowest BCUT2D eigenvalue weighted by Gasteiger charge is -2.05. The number of carbonyl (C=O) groups excluding carboxylic acids is 2. The van der Waals surface area contributed by atoms with Gasteiger partial charge >= 0.3 is 5.97 Å². The third-order valence-corrected chi connectivity index (χ3v) is 8.24. The Kier molecular flexibility index (Phi) is 7.07. The summed E-state index contributed by atoms with van der Waals surface area (Å²) in [7, 11) is 0. The average molecular weight is 512 g/mol. The minimum absolute atomic E-state index is 0.0875. The van der Waals surface area contributed by atoms with Crippen molar-refractivity contribution in [3.63, 3.8) is 0 Å². The van der Waals surface area contributed by atoms with Gasteiger partial charge in [-0.25, -0.2) is 4.79 Å². The number of carbonyl (C=O) groups is 2. The normalized spacial score (nSPS) is 11.5. The first kappa shape index (κ1) is 24.1. The summed E-state index contributed by atoms with van der Waals surface area (Å²) in [6, 6.07) is 23.4. The molecule has 0 amide bonds. The number of thiophene rings is 1. The largest absolute Gasteiger partial charge is 0.462 e. The van der Waals surface area contributed by atoms with Gasteiger partial charge in [-0.2, -0.15) is 0 Å². The van der Waals surface area contributed by atoms with Gasteiger partial charge in [0.25, 0.3) is 0 Å². The van der Waals surface area contributed by atoms with Crippen LogP contribution >= 0.6 is 23.1 Å². The fourth-order valence-corrected chi connectivity index (χ4v) is 6.60. The van der Waals surface area contributed by atoms with Gasteiger partial charge in [0.2, 0.25) is 5.78 Å². The van der Waals surface area contributed by atoms with Crippen LogP contribution in [0.4, 0.5) is 0 Å². The molecule has 4 nitrogen and oxygen atoms in total. The number of benzene rings is 2. The summed E-state index contributed by atoms with van der Waals surface area (Å²) in [6.45, 7) is 4.05. The van der Waals surface area contributed by atoms with E-state index in [9.17, 15) is 9.59 Å². The summed E-state index contributed by atoms with van der Waals surface area (Å²) in [5, 5.41) is 0.674. The molecule has 6 heteroatoms. The first-order valence-electron chi connectivity index (χ1n) is 11.8. The fourth-order valence-electron chi connectivity index (χ4n) is 4.23. The van der Waals surface area contributed by atoms with Crippen LogP contribution in [-0.2, 0) is 4.74 Å². The molecule has 0 fully saturated rings. The van der Waals surface area contributed by atoms with Crippen LogP contribution in [0.3, 0.4) is 0 Å². The highest BCUT2D eigenvalue weighted by molar-refractivity contribution is 8.01. The Morgan fingerprint density at radius 2 is 1.75 bits per heavy atom. The van der Waals surface area contributed by atoms with Crippen LogP contribution in [0, 0.1) is 6.92 Å². The van der Waals surface area contributed by atoms with Crippen LogP contribution in [0.5, 0.6) is 0 Å². The lowest BCUT2D eigenvalue weighted by molar-refractivity contribution is 0.0531. The molecule has 0 aliphatic heterocycles. The molecular weight excluding hydrogens is 486 g/mol. The number of rotatable bonds is 8. The van der Waals surface area contributed by atoms with Crippen molar-refractivity contribution in [2.24, 2.45) is 0 Å². The highest BCUT2D eigenvalue weighted by atomic mass is 32.2. The molecule has 0 bridgehead atoms. The fraction of sp³-hybridized carbons (Fsp3) is 0.133. The second kappa shape index (κ2) is 10.6. The number of aromatic nitrogens is 1. The number of hydrogen-bond donors (Lipinski definition) is 0. The van der Waals surface area contributed by atoms with Crippen LogP contribution in [0.1, 0.15) is 43.6 Å². The van der Waals surface area contributed by atoms with Gasteiger partial charge in [0, 0.05) is 22.9 Å². The zero-order valence-corrected chi connectivity index (χ0v) is 21.7. The van der Waals surface area contributed by atoms with Gasteiger partial charge in [-0.1, -0.05) is 72.8 Å². The lowest BCUT2D eigenvalue weighted by Crippen LogP contribution is -2.06. The van der Waals surface area contributed by atoms with Crippen LogP contribution < -0.4 is 0 Å². The number of fused-ring (bicyclic) bond motifs is 3. The van der Waals surface area contributed by atoms with Crippen LogP contribution in [0.2, 0.25) is 0 Å². The van der Waals surface area contributed by atoms with Gasteiger partial charge in [0.1, 0.15) is 0 Å². The number of hydrogen-bond acceptors (Lipinski definition) is 5. The molecule has 0 spiro atoms. The van der Waals surface area contributed by atoms with Gasteiger partial charge in [-0.3, -0.25) is 4.79 Å². The Morgan fingerprint density at radius 1 is 1.03 bits per heavy atom. The summed E-state index contributed by atoms with van der Waals surface area (Å²) in [5.74, 6) is 0.239. The minimum atomic E-state index is -0.406. The van der Waals surface area contributed by atoms with Crippen molar-refractivity contribution >= 4 is 57.3 Å². The monoisotopic (exact) mass is 511 g/mol. The summed E-state index contributed by atoms with van der Waals surface area (Å²) in [6.07, 6.45) is 6.19. The second-order valence-corrected chi connectivity index (χ2v) is 10.6. The van der Waals surface area contributed by atoms with Crippen molar-refractivity contribution in [2.45, 2.75) is 18.1 Å². The molecule has 0 atom stereocenters. The molecule has 5 rings (SSSR count). The lowest BCUT2D eigenvalue weighted by atomic mass is 10.1. The predicted octanol–water partition coefficient (Wildman–Crippen LogP) is 7.68. The van der Waals surface area contributed by atoms with Gasteiger partial charge < -0.3 is 9.14 Å². The molecule has 3 heterocycles. The average Bonchev–Trinajstić information content (AvgIpc) is 3.42. The molecular formula is C30H25NO3S2. The molecule has 3 aromatic heterocycles. The van der Waals surface area contributed by atoms with E-state index in [1.165, 1.54) is 11.3 Å². The van der Waals surface area contributed by atoms with Crippen molar-refractivity contribution < 1.29 is 14.3 Å². The summed E-state index contributed by atoms with van der Waals surface area (Å²) in [4.78, 5) is 27.5. The Hall–Kier alpha value is -3.61. The minimum Gasteiger partial charge on any atom is -0.462 e. The van der Waals surface area contributed by atoms with Gasteiger partial charge in [-0.05, 0) is 37.1 Å². The van der Waals surface area contributed by atoms with E-state index < -0.39 is 5.97 Å². The molecule has 0 aliphatic rings. The number of esters is 1. The standard InChI is InChI=1S/C30H25NO3S2/c1-3-34-29(33)24-23-19-20(2)16-17-31(23)26-25(24)28(27(32)22-14-8-5-9-15-22)36-30(26)35-18-10-13-21-11-6-4-7-12-21/h4-17,19H,3,18H2,1-2H3/b13-10+. The van der Waals surface area contributed by atoms with E-state index in [1.807, 2.05) is 78.2 Å². The Morgan fingerprint density at radius 3 is 2.47 bits per heavy atom. The molecule has 5 aromatic rings. The number of ketones is 1. The number of thioether (sulfide) groups is 1. The van der Waals surface area contributed by atoms with Crippen LogP contribution in [-0.4, -0.2) is 28.5 Å². The molecule has 0 saturated carbocycles. The maximum absolute atomic E-state index is 13.7. The number of pyridine rings is 1. The summed E-state index contributed by atoms with van der Waals surface area (Å²) < 4.78 is 8.48. The molecule has 180 valence electrons. The molecule has 0 unspecified atom stereocenters. The summed E-state index contributed by atoms with van der Waals surface area (Å²) in [5.41, 5.74) is 4.88. The SMILES string of the molecule is CCOC(=O)c1c2c(C(=O)c3ccccc3)sc(SC/C=C/c3ccccc3)c2n2ccc(C)cc12. The number of nitrogens with zero attached hydrogens (tertiary/aromatic N) is 1. The highest BCUT2D eigenvalue weighted by Crippen LogP contribution is 2.44.